The number of nitro groups is 1. The van der Waals surface area contributed by atoms with Gasteiger partial charge < -0.3 is 10.0 Å². The van der Waals surface area contributed by atoms with Gasteiger partial charge in [0.15, 0.2) is 0 Å². The summed E-state index contributed by atoms with van der Waals surface area (Å²) >= 11 is 0. The highest BCUT2D eigenvalue weighted by Gasteiger charge is 2.11. The van der Waals surface area contributed by atoms with Crippen molar-refractivity contribution >= 4 is 17.1 Å². The lowest BCUT2D eigenvalue weighted by atomic mass is 10.1. The molecule has 5 nitrogen and oxygen atoms in total. The van der Waals surface area contributed by atoms with Crippen molar-refractivity contribution in [3.8, 4) is 0 Å². The van der Waals surface area contributed by atoms with Crippen molar-refractivity contribution in [3.05, 3.63) is 64.7 Å². The van der Waals surface area contributed by atoms with Crippen molar-refractivity contribution in [2.45, 2.75) is 25.7 Å². The van der Waals surface area contributed by atoms with Gasteiger partial charge in [-0.3, -0.25) is 10.1 Å². The number of aliphatic hydroxyl groups is 1. The Hall–Kier alpha value is -2.40. The first-order valence-corrected chi connectivity index (χ1v) is 7.90. The van der Waals surface area contributed by atoms with Crippen LogP contribution >= 0.6 is 0 Å². The van der Waals surface area contributed by atoms with E-state index < -0.39 is 0 Å². The number of rotatable bonds is 9. The average molecular weight is 314 g/mol. The molecule has 0 spiro atoms. The van der Waals surface area contributed by atoms with Crippen LogP contribution < -0.4 is 4.90 Å². The summed E-state index contributed by atoms with van der Waals surface area (Å²) in [5.41, 5.74) is 2.12. The van der Waals surface area contributed by atoms with Crippen LogP contribution in [0.15, 0.2) is 54.6 Å². The maximum Gasteiger partial charge on any atom is 0.269 e. The first-order chi connectivity index (χ1) is 11.2. The third-order valence-electron chi connectivity index (χ3n) is 3.73. The molecular weight excluding hydrogens is 292 g/mol. The van der Waals surface area contributed by atoms with E-state index in [1.807, 2.05) is 30.3 Å². The Morgan fingerprint density at radius 2 is 1.48 bits per heavy atom. The monoisotopic (exact) mass is 314 g/mol. The number of non-ortho nitro benzene ring substituents is 1. The number of hydrogen-bond donors (Lipinski definition) is 1. The zero-order valence-electron chi connectivity index (χ0n) is 13.1. The van der Waals surface area contributed by atoms with E-state index in [2.05, 4.69) is 4.90 Å². The Balaban J connectivity index is 2.11. The lowest BCUT2D eigenvalue weighted by Gasteiger charge is -2.25. The molecule has 0 saturated carbocycles. The lowest BCUT2D eigenvalue weighted by Crippen LogP contribution is -2.18. The Morgan fingerprint density at radius 1 is 0.870 bits per heavy atom. The number of anilines is 2. The van der Waals surface area contributed by atoms with E-state index in [4.69, 9.17) is 5.11 Å². The van der Waals surface area contributed by atoms with Gasteiger partial charge in [-0.2, -0.15) is 0 Å². The molecule has 0 aliphatic carbocycles. The largest absolute Gasteiger partial charge is 0.396 e. The number of nitro benzene ring substituents is 1. The summed E-state index contributed by atoms with van der Waals surface area (Å²) in [5.74, 6) is 0. The minimum atomic E-state index is -0.383. The Kier molecular flexibility index (Phi) is 6.56. The standard InChI is InChI=1S/C18H22N2O3/c21-15-7-2-1-6-14-19(16-8-4-3-5-9-16)17-10-12-18(13-11-17)20(22)23/h3-5,8-13,21H,1-2,6-7,14-15H2. The molecule has 122 valence electrons. The predicted molar refractivity (Wildman–Crippen MR) is 92.1 cm³/mol. The van der Waals surface area contributed by atoms with Crippen molar-refractivity contribution in [1.82, 2.24) is 0 Å². The summed E-state index contributed by atoms with van der Waals surface area (Å²) in [4.78, 5) is 12.6. The second kappa shape index (κ2) is 8.90. The van der Waals surface area contributed by atoms with Crippen molar-refractivity contribution in [1.29, 1.82) is 0 Å². The molecule has 0 radical (unpaired) electrons. The maximum atomic E-state index is 10.8. The highest BCUT2D eigenvalue weighted by atomic mass is 16.6. The zero-order valence-corrected chi connectivity index (χ0v) is 13.1. The predicted octanol–water partition coefficient (Wildman–Crippen LogP) is 4.29. The van der Waals surface area contributed by atoms with Crippen LogP contribution in [0, 0.1) is 10.1 Å². The van der Waals surface area contributed by atoms with E-state index in [0.29, 0.717) is 0 Å². The first kappa shape index (κ1) is 17.0. The third kappa shape index (κ3) is 5.07. The second-order valence-electron chi connectivity index (χ2n) is 5.40. The van der Waals surface area contributed by atoms with Gasteiger partial charge in [0.25, 0.3) is 5.69 Å². The van der Waals surface area contributed by atoms with Gasteiger partial charge in [0.1, 0.15) is 0 Å². The number of hydrogen-bond acceptors (Lipinski definition) is 4. The normalized spacial score (nSPS) is 10.5. The minimum Gasteiger partial charge on any atom is -0.396 e. The molecule has 2 rings (SSSR count). The Bertz CT molecular complexity index is 599. The molecular formula is C18H22N2O3. The number of aliphatic hydroxyl groups excluding tert-OH is 1. The molecule has 5 heteroatoms. The van der Waals surface area contributed by atoms with Gasteiger partial charge in [0, 0.05) is 36.7 Å². The summed E-state index contributed by atoms with van der Waals surface area (Å²) in [6, 6.07) is 16.7. The van der Waals surface area contributed by atoms with Gasteiger partial charge in [0.05, 0.1) is 4.92 Å². The number of unbranched alkanes of at least 4 members (excludes halogenated alkanes) is 3. The Labute approximate surface area is 136 Å². The van der Waals surface area contributed by atoms with Crippen molar-refractivity contribution in [2.75, 3.05) is 18.1 Å². The molecule has 0 heterocycles. The summed E-state index contributed by atoms with van der Waals surface area (Å²) in [6.07, 6.45) is 3.91. The highest BCUT2D eigenvalue weighted by Crippen LogP contribution is 2.27. The van der Waals surface area contributed by atoms with Gasteiger partial charge in [-0.25, -0.2) is 0 Å². The molecule has 0 aliphatic rings. The van der Waals surface area contributed by atoms with E-state index in [0.717, 1.165) is 43.6 Å². The third-order valence-corrected chi connectivity index (χ3v) is 3.73. The molecule has 0 atom stereocenters. The van der Waals surface area contributed by atoms with Gasteiger partial charge in [-0.05, 0) is 37.1 Å². The van der Waals surface area contributed by atoms with E-state index in [1.165, 1.54) is 12.1 Å². The summed E-state index contributed by atoms with van der Waals surface area (Å²) in [5, 5.41) is 19.6. The first-order valence-electron chi connectivity index (χ1n) is 7.90. The van der Waals surface area contributed by atoms with Gasteiger partial charge in [-0.1, -0.05) is 31.0 Å². The molecule has 2 aromatic rings. The fourth-order valence-electron chi connectivity index (χ4n) is 2.50. The van der Waals surface area contributed by atoms with Gasteiger partial charge in [-0.15, -0.1) is 0 Å². The van der Waals surface area contributed by atoms with Crippen LogP contribution in [0.2, 0.25) is 0 Å². The maximum absolute atomic E-state index is 10.8. The fourth-order valence-corrected chi connectivity index (χ4v) is 2.50. The van der Waals surface area contributed by atoms with Gasteiger partial charge in [0.2, 0.25) is 0 Å². The van der Waals surface area contributed by atoms with Crippen LogP contribution in [0.4, 0.5) is 17.1 Å². The van der Waals surface area contributed by atoms with Gasteiger partial charge >= 0.3 is 0 Å². The molecule has 0 aliphatic heterocycles. The molecule has 23 heavy (non-hydrogen) atoms. The summed E-state index contributed by atoms with van der Waals surface area (Å²) < 4.78 is 0. The van der Waals surface area contributed by atoms with Crippen molar-refractivity contribution in [2.24, 2.45) is 0 Å². The molecule has 0 bridgehead atoms. The average Bonchev–Trinajstić information content (AvgIpc) is 2.59. The molecule has 0 aromatic heterocycles. The van der Waals surface area contributed by atoms with Crippen LogP contribution in [0.25, 0.3) is 0 Å². The molecule has 0 unspecified atom stereocenters. The summed E-state index contributed by atoms with van der Waals surface area (Å²) in [6.45, 7) is 1.08. The van der Waals surface area contributed by atoms with Crippen LogP contribution in [0.5, 0.6) is 0 Å². The second-order valence-corrected chi connectivity index (χ2v) is 5.40. The SMILES string of the molecule is O=[N+]([O-])c1ccc(N(CCCCCCO)c2ccccc2)cc1. The van der Waals surface area contributed by atoms with Crippen molar-refractivity contribution in [3.63, 3.8) is 0 Å². The van der Waals surface area contributed by atoms with Crippen LogP contribution in [0.1, 0.15) is 25.7 Å². The quantitative estimate of drug-likeness (QED) is 0.426. The highest BCUT2D eigenvalue weighted by molar-refractivity contribution is 5.64. The van der Waals surface area contributed by atoms with Crippen molar-refractivity contribution < 1.29 is 10.0 Å². The van der Waals surface area contributed by atoms with E-state index in [9.17, 15) is 10.1 Å². The van der Waals surface area contributed by atoms with E-state index >= 15 is 0 Å². The van der Waals surface area contributed by atoms with Crippen LogP contribution in [0.3, 0.4) is 0 Å². The van der Waals surface area contributed by atoms with E-state index in [-0.39, 0.29) is 17.2 Å². The number of benzene rings is 2. The smallest absolute Gasteiger partial charge is 0.269 e. The molecule has 2 aromatic carbocycles. The number of para-hydroxylation sites is 1. The summed E-state index contributed by atoms with van der Waals surface area (Å²) in [7, 11) is 0. The fraction of sp³-hybridized carbons (Fsp3) is 0.333. The molecule has 0 fully saturated rings. The minimum absolute atomic E-state index is 0.102. The molecule has 0 saturated heterocycles. The Morgan fingerprint density at radius 3 is 2.09 bits per heavy atom. The zero-order chi connectivity index (χ0) is 16.5. The van der Waals surface area contributed by atoms with E-state index in [1.54, 1.807) is 12.1 Å². The molecule has 0 amide bonds. The number of nitrogens with zero attached hydrogens (tertiary/aromatic N) is 2. The molecule has 1 N–H and O–H groups in total. The topological polar surface area (TPSA) is 66.6 Å². The lowest BCUT2D eigenvalue weighted by molar-refractivity contribution is -0.384. The van der Waals surface area contributed by atoms with Crippen LogP contribution in [-0.2, 0) is 0 Å². The van der Waals surface area contributed by atoms with Crippen LogP contribution in [-0.4, -0.2) is 23.2 Å².